The van der Waals surface area contributed by atoms with Crippen LogP contribution in [0.15, 0.2) is 52.2 Å². The molecule has 3 heterocycles. The third-order valence-electron chi connectivity index (χ3n) is 5.50. The Kier molecular flexibility index (Phi) is 5.43. The molecule has 1 spiro atoms. The average Bonchev–Trinajstić information content (AvgIpc) is 2.84. The lowest BCUT2D eigenvalue weighted by Crippen LogP contribution is -2.44. The Morgan fingerprint density at radius 3 is 2.81 bits per heavy atom. The molecule has 0 aromatic carbocycles. The molecule has 1 aromatic rings. The number of Topliss-reactive ketones (excluding diaryl/α,β-unsaturated/α-hetero) is 1. The lowest BCUT2D eigenvalue weighted by atomic mass is 9.72. The molecule has 1 aromatic heterocycles. The van der Waals surface area contributed by atoms with Crippen LogP contribution in [0, 0.1) is 10.8 Å². The number of halogens is 1. The molecule has 1 atom stereocenters. The Bertz CT molecular complexity index is 1040. The lowest BCUT2D eigenvalue weighted by molar-refractivity contribution is -0.123. The van der Waals surface area contributed by atoms with Gasteiger partial charge in [0.05, 0.1) is 29.6 Å². The van der Waals surface area contributed by atoms with Gasteiger partial charge in [-0.3, -0.25) is 14.0 Å². The molecule has 1 fully saturated rings. The highest BCUT2D eigenvalue weighted by molar-refractivity contribution is 6.18. The van der Waals surface area contributed by atoms with Crippen molar-refractivity contribution in [2.24, 2.45) is 20.8 Å². The van der Waals surface area contributed by atoms with E-state index in [2.05, 4.69) is 25.6 Å². The maximum absolute atomic E-state index is 12.4. The van der Waals surface area contributed by atoms with Crippen molar-refractivity contribution in [1.29, 1.82) is 0 Å². The Labute approximate surface area is 186 Å². The van der Waals surface area contributed by atoms with Gasteiger partial charge in [0, 0.05) is 42.3 Å². The van der Waals surface area contributed by atoms with Gasteiger partial charge in [-0.1, -0.05) is 26.8 Å². The summed E-state index contributed by atoms with van der Waals surface area (Å²) >= 11 is 6.44. The van der Waals surface area contributed by atoms with Crippen molar-refractivity contribution < 1.29 is 9.59 Å². The summed E-state index contributed by atoms with van der Waals surface area (Å²) in [4.78, 5) is 38.1. The van der Waals surface area contributed by atoms with Crippen molar-refractivity contribution in [2.45, 2.75) is 33.6 Å². The van der Waals surface area contributed by atoms with Crippen LogP contribution in [-0.4, -0.2) is 45.9 Å². The number of carbonyl (C=O) groups excluding carboxylic acids is 2. The molecule has 162 valence electrons. The minimum absolute atomic E-state index is 0.103. The van der Waals surface area contributed by atoms with E-state index in [4.69, 9.17) is 11.8 Å². The second-order valence-corrected chi connectivity index (χ2v) is 9.35. The standard InChI is InChI=1S/C22H25ClN6O2/c1-21(2,3)19(31)28-18-8-7-14(12-24-18)26-20-25-13-22-11-15(30)9-10-29(23)17(22)6-4-5-16(22)27-20/h4-8,12H,9-11,13H2,1-3H3,(H,25,26)(H,24,28,31). The van der Waals surface area contributed by atoms with Crippen molar-refractivity contribution in [3.05, 3.63) is 42.3 Å². The van der Waals surface area contributed by atoms with Crippen LogP contribution in [0.1, 0.15) is 33.6 Å². The largest absolute Gasteiger partial charge is 0.323 e. The highest BCUT2D eigenvalue weighted by atomic mass is 35.5. The number of guanidine groups is 1. The zero-order chi connectivity index (χ0) is 22.2. The summed E-state index contributed by atoms with van der Waals surface area (Å²) in [5, 5.41) is 5.95. The van der Waals surface area contributed by atoms with Crippen molar-refractivity contribution in [3.8, 4) is 0 Å². The molecule has 2 N–H and O–H groups in total. The van der Waals surface area contributed by atoms with Crippen LogP contribution < -0.4 is 10.6 Å². The van der Waals surface area contributed by atoms with Crippen molar-refractivity contribution in [1.82, 2.24) is 9.40 Å². The minimum atomic E-state index is -0.616. The van der Waals surface area contributed by atoms with Crippen molar-refractivity contribution >= 4 is 46.6 Å². The summed E-state index contributed by atoms with van der Waals surface area (Å²) in [5.41, 5.74) is 1.21. The molecule has 31 heavy (non-hydrogen) atoms. The van der Waals surface area contributed by atoms with E-state index in [-0.39, 0.29) is 11.7 Å². The van der Waals surface area contributed by atoms with E-state index in [0.717, 1.165) is 11.4 Å². The number of aliphatic imine (C=N–C) groups is 2. The van der Waals surface area contributed by atoms with E-state index >= 15 is 0 Å². The third kappa shape index (κ3) is 4.25. The number of pyridine rings is 1. The maximum Gasteiger partial charge on any atom is 0.230 e. The Morgan fingerprint density at radius 1 is 1.29 bits per heavy atom. The number of carbonyl (C=O) groups is 2. The predicted molar refractivity (Wildman–Crippen MR) is 122 cm³/mol. The lowest BCUT2D eigenvalue weighted by Gasteiger charge is -2.39. The van der Waals surface area contributed by atoms with Gasteiger partial charge in [-0.2, -0.15) is 0 Å². The molecule has 1 saturated heterocycles. The molecule has 2 aliphatic heterocycles. The monoisotopic (exact) mass is 440 g/mol. The van der Waals surface area contributed by atoms with Crippen molar-refractivity contribution in [3.63, 3.8) is 0 Å². The highest BCUT2D eigenvalue weighted by Gasteiger charge is 2.47. The van der Waals surface area contributed by atoms with Crippen LogP contribution in [0.3, 0.4) is 0 Å². The number of allylic oxidation sites excluding steroid dienone is 3. The molecule has 1 amide bonds. The van der Waals surface area contributed by atoms with E-state index in [1.807, 2.05) is 39.0 Å². The van der Waals surface area contributed by atoms with Gasteiger partial charge < -0.3 is 10.6 Å². The molecule has 4 rings (SSSR count). The number of rotatable bonds is 2. The molecule has 0 saturated carbocycles. The third-order valence-corrected chi connectivity index (χ3v) is 5.85. The number of aromatic nitrogens is 1. The zero-order valence-corrected chi connectivity index (χ0v) is 18.5. The van der Waals surface area contributed by atoms with E-state index in [0.29, 0.717) is 43.4 Å². The fraction of sp³-hybridized carbons (Fsp3) is 0.409. The number of nitrogens with one attached hydrogen (secondary N) is 2. The highest BCUT2D eigenvalue weighted by Crippen LogP contribution is 2.43. The average molecular weight is 441 g/mol. The number of hydrogen-bond donors (Lipinski definition) is 2. The zero-order valence-electron chi connectivity index (χ0n) is 17.8. The number of amides is 1. The van der Waals surface area contributed by atoms with Gasteiger partial charge >= 0.3 is 0 Å². The quantitative estimate of drug-likeness (QED) is 0.685. The van der Waals surface area contributed by atoms with Crippen LogP contribution >= 0.6 is 11.8 Å². The van der Waals surface area contributed by atoms with E-state index in [1.165, 1.54) is 0 Å². The van der Waals surface area contributed by atoms with E-state index in [1.54, 1.807) is 22.7 Å². The Morgan fingerprint density at radius 2 is 2.10 bits per heavy atom. The summed E-state index contributed by atoms with van der Waals surface area (Å²) < 4.78 is 1.62. The molecule has 1 unspecified atom stereocenters. The second kappa shape index (κ2) is 7.92. The first-order chi connectivity index (χ1) is 14.7. The predicted octanol–water partition coefficient (Wildman–Crippen LogP) is 3.55. The summed E-state index contributed by atoms with van der Waals surface area (Å²) in [5.74, 6) is 0.970. The van der Waals surface area contributed by atoms with Gasteiger partial charge in [0.1, 0.15) is 11.6 Å². The molecule has 8 nitrogen and oxygen atoms in total. The van der Waals surface area contributed by atoms with Crippen molar-refractivity contribution in [2.75, 3.05) is 23.7 Å². The molecule has 0 bridgehead atoms. The summed E-state index contributed by atoms with van der Waals surface area (Å²) in [6.07, 6.45) is 8.11. The van der Waals surface area contributed by atoms with Crippen LogP contribution in [-0.2, 0) is 9.59 Å². The molecular formula is C22H25ClN6O2. The summed E-state index contributed by atoms with van der Waals surface area (Å²) in [6.45, 7) is 6.39. The number of ketones is 1. The maximum atomic E-state index is 12.4. The number of hydrogen-bond acceptors (Lipinski definition) is 7. The van der Waals surface area contributed by atoms with Gasteiger partial charge in [0.25, 0.3) is 0 Å². The first-order valence-electron chi connectivity index (χ1n) is 10.2. The summed E-state index contributed by atoms with van der Waals surface area (Å²) in [6, 6.07) is 3.52. The SMILES string of the molecule is CC(C)(C)C(=O)Nc1ccc(NC2=NCC34CC(=O)CCN(Cl)C3=CC=CC4=N2)cn1. The van der Waals surface area contributed by atoms with Gasteiger partial charge in [0.2, 0.25) is 11.9 Å². The van der Waals surface area contributed by atoms with Gasteiger partial charge in [-0.15, -0.1) is 0 Å². The van der Waals surface area contributed by atoms with Gasteiger partial charge in [-0.25, -0.2) is 15.0 Å². The fourth-order valence-corrected chi connectivity index (χ4v) is 4.01. The van der Waals surface area contributed by atoms with Crippen LogP contribution in [0.25, 0.3) is 0 Å². The molecule has 0 radical (unpaired) electrons. The topological polar surface area (TPSA) is 99.0 Å². The van der Waals surface area contributed by atoms with E-state index < -0.39 is 10.8 Å². The molecular weight excluding hydrogens is 416 g/mol. The Hall–Kier alpha value is -3.00. The molecule has 9 heteroatoms. The number of nitrogens with zero attached hydrogens (tertiary/aromatic N) is 4. The Balaban J connectivity index is 1.50. The molecule has 3 aliphatic rings. The first-order valence-corrected chi connectivity index (χ1v) is 10.5. The second-order valence-electron chi connectivity index (χ2n) is 8.94. The van der Waals surface area contributed by atoms with Crippen LogP contribution in [0.2, 0.25) is 0 Å². The van der Waals surface area contributed by atoms with Gasteiger partial charge in [-0.05, 0) is 24.3 Å². The minimum Gasteiger partial charge on any atom is -0.323 e. The molecule has 1 aliphatic carbocycles. The first kappa shape index (κ1) is 21.2. The van der Waals surface area contributed by atoms with Gasteiger partial charge in [0.15, 0.2) is 0 Å². The normalized spacial score (nSPS) is 23.0. The van der Waals surface area contributed by atoms with E-state index in [9.17, 15) is 9.59 Å². The summed E-state index contributed by atoms with van der Waals surface area (Å²) in [7, 11) is 0. The smallest absolute Gasteiger partial charge is 0.230 e. The van der Waals surface area contributed by atoms with Crippen LogP contribution in [0.5, 0.6) is 0 Å². The fourth-order valence-electron chi connectivity index (χ4n) is 3.71. The number of anilines is 2. The van der Waals surface area contributed by atoms with Crippen LogP contribution in [0.4, 0.5) is 11.5 Å².